The molecule has 3 fully saturated rings. The number of sulfonamides is 1. The van der Waals surface area contributed by atoms with E-state index in [1.807, 2.05) is 19.1 Å². The summed E-state index contributed by atoms with van der Waals surface area (Å²) in [4.78, 5) is 0.341. The molecule has 2 spiro atoms. The van der Waals surface area contributed by atoms with Crippen molar-refractivity contribution in [2.24, 2.45) is 3.77 Å². The van der Waals surface area contributed by atoms with Gasteiger partial charge in [0.1, 0.15) is 0 Å². The molecule has 3 aromatic rings. The Morgan fingerprint density at radius 1 is 0.676 bits per heavy atom. The number of rotatable bonds is 2. The Morgan fingerprint density at radius 2 is 1.06 bits per heavy atom. The Morgan fingerprint density at radius 3 is 1.44 bits per heavy atom. The number of aryl methyl sites for hydroxylation is 1. The van der Waals surface area contributed by atoms with Crippen molar-refractivity contribution in [3.8, 4) is 0 Å². The first kappa shape index (κ1) is 20.0. The lowest BCUT2D eigenvalue weighted by atomic mass is 9.75. The van der Waals surface area contributed by atoms with Gasteiger partial charge in [0.05, 0.1) is 14.4 Å². The van der Waals surface area contributed by atoms with Gasteiger partial charge < -0.3 is 0 Å². The summed E-state index contributed by atoms with van der Waals surface area (Å²) in [5.74, 6) is 1.75. The minimum absolute atomic E-state index is 0.0285. The molecule has 0 aromatic heterocycles. The van der Waals surface area contributed by atoms with Crippen molar-refractivity contribution in [3.05, 3.63) is 101 Å². The Bertz CT molecular complexity index is 1380. The molecule has 5 aliphatic rings. The molecule has 3 nitrogen and oxygen atoms in total. The van der Waals surface area contributed by atoms with Crippen LogP contribution in [-0.2, 0) is 20.7 Å². The van der Waals surface area contributed by atoms with Gasteiger partial charge in [-0.3, -0.25) is 0 Å². The summed E-state index contributed by atoms with van der Waals surface area (Å²) in [6.07, 6.45) is 4.68. The lowest BCUT2D eigenvalue weighted by Crippen LogP contribution is -2.31. The number of fused-ring (bicyclic) bond motifs is 6. The predicted octanol–water partition coefficient (Wildman–Crippen LogP) is 6.33. The first-order valence-corrected chi connectivity index (χ1v) is 15.1. The molecule has 0 amide bonds. The average molecular weight is 486 g/mol. The summed E-state index contributed by atoms with van der Waals surface area (Å²) < 4.78 is 32.3. The topological polar surface area (TPSA) is 46.5 Å². The fraction of sp³-hybridized carbons (Fsp3) is 0.379. The normalized spacial score (nSPS) is 37.9. The lowest BCUT2D eigenvalue weighted by Gasteiger charge is -2.23. The van der Waals surface area contributed by atoms with Gasteiger partial charge >= 0.3 is 0 Å². The summed E-state index contributed by atoms with van der Waals surface area (Å²) in [7, 11) is -4.24. The summed E-state index contributed by atoms with van der Waals surface area (Å²) in [6.45, 7) is 1.99. The van der Waals surface area contributed by atoms with Crippen LogP contribution in [-0.4, -0.2) is 17.9 Å². The van der Waals surface area contributed by atoms with Gasteiger partial charge in [0.25, 0.3) is 10.0 Å². The second-order valence-electron chi connectivity index (χ2n) is 10.9. The highest BCUT2D eigenvalue weighted by molar-refractivity contribution is 8.06. The van der Waals surface area contributed by atoms with Crippen molar-refractivity contribution in [3.63, 3.8) is 0 Å². The third-order valence-corrected chi connectivity index (χ3v) is 14.9. The molecule has 4 unspecified atom stereocenters. The number of nitrogens with zero attached hydrogens (tertiary/aromatic N) is 1. The third kappa shape index (κ3) is 2.04. The predicted molar refractivity (Wildman–Crippen MR) is 136 cm³/mol. The Balaban J connectivity index is 1.38. The van der Waals surface area contributed by atoms with E-state index in [0.29, 0.717) is 28.6 Å². The molecule has 3 aromatic carbocycles. The van der Waals surface area contributed by atoms with E-state index in [-0.39, 0.29) is 9.49 Å². The largest absolute Gasteiger partial charge is 0.287 e. The van der Waals surface area contributed by atoms with Crippen LogP contribution in [0.5, 0.6) is 0 Å². The number of hydrogen-bond donors (Lipinski definition) is 0. The molecule has 0 N–H and O–H groups in total. The van der Waals surface area contributed by atoms with Crippen LogP contribution < -0.4 is 0 Å². The summed E-state index contributed by atoms with van der Waals surface area (Å²) in [5, 5.41) is 0. The molecule has 2 saturated carbocycles. The Hall–Kier alpha value is -2.24. The molecule has 8 rings (SSSR count). The minimum atomic E-state index is -3.72. The first-order chi connectivity index (χ1) is 16.5. The van der Waals surface area contributed by atoms with E-state index in [2.05, 4.69) is 48.5 Å². The van der Waals surface area contributed by atoms with Gasteiger partial charge in [0.2, 0.25) is 0 Å². The van der Waals surface area contributed by atoms with Gasteiger partial charge in [-0.15, -0.1) is 3.77 Å². The molecule has 4 bridgehead atoms. The maximum Gasteiger partial charge on any atom is 0.287 e. The van der Waals surface area contributed by atoms with Crippen molar-refractivity contribution in [1.82, 2.24) is 0 Å². The molecule has 1 saturated heterocycles. The highest BCUT2D eigenvalue weighted by Crippen LogP contribution is 2.87. The average Bonchev–Trinajstić information content (AvgIpc) is 3.29. The van der Waals surface area contributed by atoms with Crippen molar-refractivity contribution in [1.29, 1.82) is 0 Å². The molecular weight excluding hydrogens is 458 g/mol. The molecule has 34 heavy (non-hydrogen) atoms. The maximum atomic E-state index is 13.7. The zero-order valence-electron chi connectivity index (χ0n) is 19.1. The van der Waals surface area contributed by atoms with Gasteiger partial charge in [-0.05, 0) is 67.0 Å². The van der Waals surface area contributed by atoms with E-state index < -0.39 is 20.7 Å². The lowest BCUT2D eigenvalue weighted by molar-refractivity contribution is 0.438. The van der Waals surface area contributed by atoms with Crippen molar-refractivity contribution < 1.29 is 8.42 Å². The Kier molecular flexibility index (Phi) is 3.71. The van der Waals surface area contributed by atoms with E-state index in [0.717, 1.165) is 5.56 Å². The highest BCUT2D eigenvalue weighted by Gasteiger charge is 2.90. The fourth-order valence-electron chi connectivity index (χ4n) is 8.83. The van der Waals surface area contributed by atoms with Crippen molar-refractivity contribution >= 4 is 20.7 Å². The summed E-state index contributed by atoms with van der Waals surface area (Å²) in [5.41, 5.74) is 6.98. The van der Waals surface area contributed by atoms with Crippen molar-refractivity contribution in [2.45, 2.75) is 70.7 Å². The fourth-order valence-corrected chi connectivity index (χ4v) is 14.9. The standard InChI is InChI=1S/C29H27NO2S2/c1-18-10-12-19(13-11-18)34(31,32)30-33-28(24-14-15-25(28)21-7-3-2-6-20(21)24)29(33)26-16-17-27(29)23-9-5-4-8-22(23)26/h2-13,24-27H,14-17H2,1H3. The van der Waals surface area contributed by atoms with Crippen molar-refractivity contribution in [2.75, 3.05) is 0 Å². The van der Waals surface area contributed by atoms with E-state index in [9.17, 15) is 8.42 Å². The molecule has 1 aliphatic heterocycles. The van der Waals surface area contributed by atoms with Gasteiger partial charge in [-0.2, -0.15) is 8.42 Å². The van der Waals surface area contributed by atoms with Crippen LogP contribution in [0.25, 0.3) is 0 Å². The maximum absolute atomic E-state index is 13.7. The second-order valence-corrected chi connectivity index (χ2v) is 14.8. The van der Waals surface area contributed by atoms with Gasteiger partial charge in [-0.25, -0.2) is 0 Å². The van der Waals surface area contributed by atoms with Gasteiger partial charge in [0.15, 0.2) is 0 Å². The minimum Gasteiger partial charge on any atom is -0.199 e. The zero-order chi connectivity index (χ0) is 22.9. The van der Waals surface area contributed by atoms with Gasteiger partial charge in [0, 0.05) is 23.7 Å². The molecule has 1 heterocycles. The van der Waals surface area contributed by atoms with E-state index in [1.165, 1.54) is 47.9 Å². The van der Waals surface area contributed by atoms with Crippen LogP contribution >= 0.6 is 0 Å². The second kappa shape index (κ2) is 6.30. The summed E-state index contributed by atoms with van der Waals surface area (Å²) in [6, 6.07) is 25.1. The van der Waals surface area contributed by atoms with Crippen LogP contribution in [0, 0.1) is 6.92 Å². The highest BCUT2D eigenvalue weighted by atomic mass is 32.3. The van der Waals surface area contributed by atoms with Crippen LogP contribution in [0.4, 0.5) is 0 Å². The molecular formula is C29H27NO2S2. The molecule has 4 atom stereocenters. The van der Waals surface area contributed by atoms with Crippen LogP contribution in [0.3, 0.4) is 0 Å². The monoisotopic (exact) mass is 485 g/mol. The quantitative estimate of drug-likeness (QED) is 0.398. The first-order valence-electron chi connectivity index (χ1n) is 12.5. The van der Waals surface area contributed by atoms with Crippen LogP contribution in [0.2, 0.25) is 0 Å². The van der Waals surface area contributed by atoms with Crippen LogP contribution in [0.1, 0.15) is 77.2 Å². The van der Waals surface area contributed by atoms with E-state index >= 15 is 0 Å². The SMILES string of the molecule is Cc1ccc(S(=O)(=O)N=S2C3(C4CCC3c3ccccc34)C23C2CCC3c3ccccc32)cc1. The van der Waals surface area contributed by atoms with E-state index in [4.69, 9.17) is 3.77 Å². The Labute approximate surface area is 203 Å². The third-order valence-electron chi connectivity index (χ3n) is 9.75. The number of benzene rings is 3. The molecule has 4 aliphatic carbocycles. The van der Waals surface area contributed by atoms with Gasteiger partial charge in [-0.1, -0.05) is 76.9 Å². The molecule has 172 valence electrons. The molecule has 5 heteroatoms. The zero-order valence-corrected chi connectivity index (χ0v) is 20.8. The van der Waals surface area contributed by atoms with E-state index in [1.54, 1.807) is 12.1 Å². The number of hydrogen-bond acceptors (Lipinski definition) is 2. The molecule has 0 radical (unpaired) electrons. The summed E-state index contributed by atoms with van der Waals surface area (Å²) >= 11 is 0. The smallest absolute Gasteiger partial charge is 0.199 e. The van der Waals surface area contributed by atoms with Crippen LogP contribution in [0.15, 0.2) is 81.5 Å².